The molecule has 0 saturated heterocycles. The minimum Gasteiger partial charge on any atom is -0.336 e. The van der Waals surface area contributed by atoms with Gasteiger partial charge in [0.2, 0.25) is 0 Å². The number of carbonyl (C=O) groups excluding carboxylic acids is 1. The van der Waals surface area contributed by atoms with Gasteiger partial charge in [-0.15, -0.1) is 0 Å². The molecular formula is C13H17N5O3S. The summed E-state index contributed by atoms with van der Waals surface area (Å²) in [5.74, 6) is 0. The van der Waals surface area contributed by atoms with Crippen LogP contribution in [0.5, 0.6) is 0 Å². The lowest BCUT2D eigenvalue weighted by Gasteiger charge is -2.14. The number of amides is 2. The van der Waals surface area contributed by atoms with Crippen LogP contribution in [0.3, 0.4) is 0 Å². The van der Waals surface area contributed by atoms with E-state index in [4.69, 9.17) is 0 Å². The smallest absolute Gasteiger partial charge is 0.315 e. The van der Waals surface area contributed by atoms with Crippen LogP contribution >= 0.6 is 11.3 Å². The van der Waals surface area contributed by atoms with E-state index in [2.05, 4.69) is 21.1 Å². The van der Waals surface area contributed by atoms with E-state index in [0.717, 1.165) is 6.42 Å². The Kier molecular flexibility index (Phi) is 5.48. The maximum atomic E-state index is 11.7. The molecule has 0 aliphatic heterocycles. The quantitative estimate of drug-likeness (QED) is 0.599. The topological polar surface area (TPSA) is 102 Å². The first-order valence-electron chi connectivity index (χ1n) is 6.77. The summed E-state index contributed by atoms with van der Waals surface area (Å²) in [6, 6.07) is 1.80. The van der Waals surface area contributed by atoms with Gasteiger partial charge in [-0.25, -0.2) is 4.79 Å². The highest BCUT2D eigenvalue weighted by Crippen LogP contribution is 2.08. The fraction of sp³-hybridized carbons (Fsp3) is 0.385. The number of thiophene rings is 1. The Morgan fingerprint density at radius 3 is 3.05 bits per heavy atom. The van der Waals surface area contributed by atoms with Gasteiger partial charge in [-0.3, -0.25) is 14.8 Å². The number of nitrogens with zero attached hydrogens (tertiary/aromatic N) is 3. The zero-order valence-corrected chi connectivity index (χ0v) is 12.9. The monoisotopic (exact) mass is 323 g/mol. The molecule has 0 radical (unpaired) electrons. The molecule has 2 rings (SSSR count). The molecule has 0 aliphatic rings. The highest BCUT2D eigenvalue weighted by atomic mass is 32.1. The van der Waals surface area contributed by atoms with Gasteiger partial charge in [0.1, 0.15) is 12.4 Å². The van der Waals surface area contributed by atoms with Gasteiger partial charge in [0.25, 0.3) is 0 Å². The van der Waals surface area contributed by atoms with E-state index in [1.807, 2.05) is 18.4 Å². The first kappa shape index (κ1) is 16.0. The van der Waals surface area contributed by atoms with E-state index < -0.39 is 4.92 Å². The third-order valence-corrected chi connectivity index (χ3v) is 3.69. The van der Waals surface area contributed by atoms with Crippen molar-refractivity contribution in [2.24, 2.45) is 0 Å². The summed E-state index contributed by atoms with van der Waals surface area (Å²) < 4.78 is 1.42. The molecule has 2 heterocycles. The number of hydrogen-bond acceptors (Lipinski definition) is 5. The van der Waals surface area contributed by atoms with E-state index >= 15 is 0 Å². The zero-order chi connectivity index (χ0) is 15.9. The molecule has 2 aromatic heterocycles. The van der Waals surface area contributed by atoms with Crippen LogP contribution in [0.4, 0.5) is 10.5 Å². The summed E-state index contributed by atoms with van der Waals surface area (Å²) in [4.78, 5) is 21.7. The van der Waals surface area contributed by atoms with E-state index in [9.17, 15) is 14.9 Å². The first-order chi connectivity index (χ1) is 10.5. The highest BCUT2D eigenvalue weighted by Gasteiger charge is 2.10. The lowest BCUT2D eigenvalue weighted by molar-refractivity contribution is -0.385. The zero-order valence-electron chi connectivity index (χ0n) is 12.1. The second kappa shape index (κ2) is 7.55. The Morgan fingerprint density at radius 2 is 2.41 bits per heavy atom. The maximum Gasteiger partial charge on any atom is 0.315 e. The number of nitro groups is 1. The largest absolute Gasteiger partial charge is 0.336 e. The summed E-state index contributed by atoms with van der Waals surface area (Å²) in [6.45, 7) is 2.66. The Balaban J connectivity index is 1.67. The van der Waals surface area contributed by atoms with Gasteiger partial charge in [0, 0.05) is 12.6 Å². The predicted molar refractivity (Wildman–Crippen MR) is 82.9 cm³/mol. The maximum absolute atomic E-state index is 11.7. The molecule has 0 bridgehead atoms. The lowest BCUT2D eigenvalue weighted by Crippen LogP contribution is -2.42. The molecule has 0 saturated carbocycles. The van der Waals surface area contributed by atoms with Crippen LogP contribution in [0.25, 0.3) is 0 Å². The van der Waals surface area contributed by atoms with E-state index in [1.165, 1.54) is 22.6 Å². The van der Waals surface area contributed by atoms with E-state index in [-0.39, 0.29) is 17.8 Å². The van der Waals surface area contributed by atoms with Crippen molar-refractivity contribution in [3.8, 4) is 0 Å². The second-order valence-corrected chi connectivity index (χ2v) is 5.64. The van der Waals surface area contributed by atoms with Gasteiger partial charge in [-0.05, 0) is 35.7 Å². The van der Waals surface area contributed by atoms with Gasteiger partial charge >= 0.3 is 11.7 Å². The molecule has 2 N–H and O–H groups in total. The summed E-state index contributed by atoms with van der Waals surface area (Å²) in [5, 5.41) is 24.0. The van der Waals surface area contributed by atoms with Crippen molar-refractivity contribution < 1.29 is 9.72 Å². The van der Waals surface area contributed by atoms with Gasteiger partial charge in [-0.2, -0.15) is 16.4 Å². The molecule has 0 aliphatic carbocycles. The number of rotatable bonds is 7. The van der Waals surface area contributed by atoms with E-state index in [0.29, 0.717) is 13.1 Å². The standard InChI is InChI=1S/C13H17N5O3S/c1-10(6-11-2-5-22-9-11)16-13(19)14-3-4-17-8-12(7-15-17)18(20)21/h2,5,7-10H,3-4,6H2,1H3,(H2,14,16,19). The van der Waals surface area contributed by atoms with Crippen LogP contribution in [0, 0.1) is 10.1 Å². The van der Waals surface area contributed by atoms with Crippen LogP contribution in [0.15, 0.2) is 29.2 Å². The third kappa shape index (κ3) is 4.85. The number of aromatic nitrogens is 2. The predicted octanol–water partition coefficient (Wildman–Crippen LogP) is 1.78. The number of carbonyl (C=O) groups is 1. The Morgan fingerprint density at radius 1 is 1.59 bits per heavy atom. The van der Waals surface area contributed by atoms with Gasteiger partial charge in [-0.1, -0.05) is 0 Å². The summed E-state index contributed by atoms with van der Waals surface area (Å²) in [5.41, 5.74) is 1.13. The molecule has 22 heavy (non-hydrogen) atoms. The molecule has 0 fully saturated rings. The Hall–Kier alpha value is -2.42. The molecular weight excluding hydrogens is 306 g/mol. The van der Waals surface area contributed by atoms with Crippen molar-refractivity contribution >= 4 is 23.1 Å². The van der Waals surface area contributed by atoms with Crippen LogP contribution in [-0.2, 0) is 13.0 Å². The molecule has 2 aromatic rings. The van der Waals surface area contributed by atoms with Crippen molar-refractivity contribution in [2.45, 2.75) is 25.9 Å². The minimum absolute atomic E-state index is 0.0281. The fourth-order valence-electron chi connectivity index (χ4n) is 1.94. The Bertz CT molecular complexity index is 625. The summed E-state index contributed by atoms with van der Waals surface area (Å²) >= 11 is 1.63. The molecule has 8 nitrogen and oxygen atoms in total. The van der Waals surface area contributed by atoms with Crippen molar-refractivity contribution in [3.63, 3.8) is 0 Å². The average Bonchev–Trinajstić information content (AvgIpc) is 3.09. The van der Waals surface area contributed by atoms with Gasteiger partial charge in [0.15, 0.2) is 0 Å². The molecule has 0 aromatic carbocycles. The minimum atomic E-state index is -0.504. The SMILES string of the molecule is CC(Cc1ccsc1)NC(=O)NCCn1cc([N+](=O)[O-])cn1. The van der Waals surface area contributed by atoms with Gasteiger partial charge in [0.05, 0.1) is 11.5 Å². The van der Waals surface area contributed by atoms with Crippen molar-refractivity contribution in [1.82, 2.24) is 20.4 Å². The molecule has 118 valence electrons. The summed E-state index contributed by atoms with van der Waals surface area (Å²) in [6.07, 6.45) is 3.30. The van der Waals surface area contributed by atoms with Crippen LogP contribution < -0.4 is 10.6 Å². The number of urea groups is 1. The Labute approximate surface area is 131 Å². The average molecular weight is 323 g/mol. The first-order valence-corrected chi connectivity index (χ1v) is 7.71. The number of nitrogens with one attached hydrogen (secondary N) is 2. The van der Waals surface area contributed by atoms with Crippen molar-refractivity contribution in [1.29, 1.82) is 0 Å². The highest BCUT2D eigenvalue weighted by molar-refractivity contribution is 7.07. The number of hydrogen-bond donors (Lipinski definition) is 2. The fourth-order valence-corrected chi connectivity index (χ4v) is 2.62. The molecule has 1 unspecified atom stereocenters. The van der Waals surface area contributed by atoms with Crippen LogP contribution in [0.2, 0.25) is 0 Å². The molecule has 2 amide bonds. The third-order valence-electron chi connectivity index (χ3n) is 2.96. The van der Waals surface area contributed by atoms with Gasteiger partial charge < -0.3 is 10.6 Å². The van der Waals surface area contributed by atoms with Crippen LogP contribution in [-0.4, -0.2) is 33.3 Å². The summed E-state index contributed by atoms with van der Waals surface area (Å²) in [7, 11) is 0. The van der Waals surface area contributed by atoms with E-state index in [1.54, 1.807) is 11.3 Å². The molecule has 9 heteroatoms. The van der Waals surface area contributed by atoms with Crippen molar-refractivity contribution in [2.75, 3.05) is 6.54 Å². The van der Waals surface area contributed by atoms with Crippen LogP contribution in [0.1, 0.15) is 12.5 Å². The molecule has 1 atom stereocenters. The lowest BCUT2D eigenvalue weighted by atomic mass is 10.1. The second-order valence-electron chi connectivity index (χ2n) is 4.86. The molecule has 0 spiro atoms. The van der Waals surface area contributed by atoms with Crippen molar-refractivity contribution in [3.05, 3.63) is 44.9 Å². The normalized spacial score (nSPS) is 11.9.